The first-order valence-electron chi connectivity index (χ1n) is 12.7. The summed E-state index contributed by atoms with van der Waals surface area (Å²) in [5, 5.41) is 2.62. The lowest BCUT2D eigenvalue weighted by Crippen LogP contribution is -2.42. The van der Waals surface area contributed by atoms with Crippen molar-refractivity contribution in [3.05, 3.63) is 64.9 Å². The molecule has 10 heteroatoms. The zero-order valence-electron chi connectivity index (χ0n) is 22.0. The summed E-state index contributed by atoms with van der Waals surface area (Å²) in [4.78, 5) is 47.0. The molecule has 3 aliphatic heterocycles. The van der Waals surface area contributed by atoms with Gasteiger partial charge in [-0.3, -0.25) is 9.59 Å². The van der Waals surface area contributed by atoms with Crippen molar-refractivity contribution >= 4 is 34.8 Å². The van der Waals surface area contributed by atoms with Gasteiger partial charge in [-0.2, -0.15) is 0 Å². The molecule has 1 fully saturated rings. The van der Waals surface area contributed by atoms with E-state index in [1.165, 1.54) is 17.8 Å². The number of aliphatic imine (C=N–C) groups is 1. The van der Waals surface area contributed by atoms with Crippen LogP contribution >= 0.6 is 11.8 Å². The Kier molecular flexibility index (Phi) is 8.93. The largest absolute Gasteiger partial charge is 0.497 e. The second-order valence-electron chi connectivity index (χ2n) is 9.14. The highest BCUT2D eigenvalue weighted by atomic mass is 32.2. The Morgan fingerprint density at radius 1 is 1.16 bits per heavy atom. The Hall–Kier alpha value is -3.53. The average molecular weight is 540 g/mol. The molecule has 0 N–H and O–H groups in total. The fourth-order valence-corrected chi connectivity index (χ4v) is 5.80. The number of likely N-dealkylation sites (tertiary alicyclic amines) is 1. The van der Waals surface area contributed by atoms with Gasteiger partial charge in [0.25, 0.3) is 0 Å². The highest BCUT2D eigenvalue weighted by Crippen LogP contribution is 2.45. The first-order chi connectivity index (χ1) is 18.4. The first-order valence-corrected chi connectivity index (χ1v) is 13.6. The predicted octanol–water partition coefficient (Wildman–Crippen LogP) is 4.19. The number of piperidine rings is 1. The minimum atomic E-state index is -0.519. The SMILES string of the molecule is C=CCOC(=O)C1=C(C)N=C2SC=C(CC(=O)N3CCC(C(=O)OCC)CC3)N2[C@@H]1c1ccc(OC)cc1. The second kappa shape index (κ2) is 12.3. The number of amidine groups is 1. The molecule has 1 aromatic rings. The molecule has 4 rings (SSSR count). The third-order valence-electron chi connectivity index (χ3n) is 6.78. The van der Waals surface area contributed by atoms with E-state index in [0.717, 1.165) is 11.3 Å². The van der Waals surface area contributed by atoms with E-state index < -0.39 is 12.0 Å². The van der Waals surface area contributed by atoms with Gasteiger partial charge in [-0.05, 0) is 49.8 Å². The van der Waals surface area contributed by atoms with E-state index in [9.17, 15) is 14.4 Å². The lowest BCUT2D eigenvalue weighted by Gasteiger charge is -2.37. The zero-order valence-corrected chi connectivity index (χ0v) is 22.8. The lowest BCUT2D eigenvalue weighted by atomic mass is 9.93. The van der Waals surface area contributed by atoms with Gasteiger partial charge >= 0.3 is 11.9 Å². The number of hydrogen-bond donors (Lipinski definition) is 0. The standard InChI is InChI=1S/C28H33N3O6S/c1-5-15-37-27(34)24-18(3)29-28-31(25(24)19-7-9-22(35-4)10-8-19)21(17-38-28)16-23(32)30-13-11-20(12-14-30)26(33)36-6-2/h5,7-10,17,20,25H,1,6,11-16H2,2-4H3/t25-/m1/s1. The van der Waals surface area contributed by atoms with Crippen molar-refractivity contribution in [3.63, 3.8) is 0 Å². The molecule has 1 atom stereocenters. The molecule has 0 radical (unpaired) electrons. The van der Waals surface area contributed by atoms with E-state index in [4.69, 9.17) is 14.2 Å². The third kappa shape index (κ3) is 5.80. The number of benzene rings is 1. The number of fused-ring (bicyclic) bond motifs is 1. The van der Waals surface area contributed by atoms with Crippen molar-refractivity contribution in [3.8, 4) is 5.75 Å². The van der Waals surface area contributed by atoms with Crippen LogP contribution in [0.3, 0.4) is 0 Å². The molecule has 3 heterocycles. The van der Waals surface area contributed by atoms with Crippen molar-refractivity contribution in [2.45, 2.75) is 39.2 Å². The molecule has 1 amide bonds. The normalized spacial score (nSPS) is 19.4. The van der Waals surface area contributed by atoms with Gasteiger partial charge in [0.2, 0.25) is 5.91 Å². The number of rotatable bonds is 9. The van der Waals surface area contributed by atoms with Crippen LogP contribution in [0.1, 0.15) is 44.7 Å². The van der Waals surface area contributed by atoms with Crippen molar-refractivity contribution in [1.29, 1.82) is 0 Å². The zero-order chi connectivity index (χ0) is 27.2. The molecule has 9 nitrogen and oxygen atoms in total. The Morgan fingerprint density at radius 3 is 2.50 bits per heavy atom. The Balaban J connectivity index is 1.56. The number of methoxy groups -OCH3 is 1. The summed E-state index contributed by atoms with van der Waals surface area (Å²) in [5.41, 5.74) is 2.59. The summed E-state index contributed by atoms with van der Waals surface area (Å²) < 4.78 is 15.9. The lowest BCUT2D eigenvalue weighted by molar-refractivity contribution is -0.151. The number of carbonyl (C=O) groups excluding carboxylic acids is 3. The maximum absolute atomic E-state index is 13.3. The minimum absolute atomic E-state index is 0.0315. The first kappa shape index (κ1) is 27.5. The molecule has 3 aliphatic rings. The topological polar surface area (TPSA) is 97.7 Å². The van der Waals surface area contributed by atoms with E-state index in [-0.39, 0.29) is 30.8 Å². The molecule has 202 valence electrons. The number of nitrogens with zero attached hydrogens (tertiary/aromatic N) is 3. The summed E-state index contributed by atoms with van der Waals surface area (Å²) in [6, 6.07) is 6.98. The van der Waals surface area contributed by atoms with E-state index in [1.807, 2.05) is 34.6 Å². The van der Waals surface area contributed by atoms with E-state index in [0.29, 0.717) is 54.7 Å². The van der Waals surface area contributed by atoms with Crippen LogP contribution in [0.15, 0.2) is 64.3 Å². The smallest absolute Gasteiger partial charge is 0.338 e. The molecule has 1 aromatic carbocycles. The fraction of sp³-hybridized carbons (Fsp3) is 0.429. The van der Waals surface area contributed by atoms with Gasteiger partial charge in [-0.15, -0.1) is 0 Å². The number of hydrogen-bond acceptors (Lipinski definition) is 9. The van der Waals surface area contributed by atoms with Crippen LogP contribution in [0, 0.1) is 5.92 Å². The maximum atomic E-state index is 13.3. The van der Waals surface area contributed by atoms with Gasteiger partial charge in [0.05, 0.1) is 43.4 Å². The number of amides is 1. The summed E-state index contributed by atoms with van der Waals surface area (Å²) in [6.45, 7) is 8.67. The molecular weight excluding hydrogens is 506 g/mol. The van der Waals surface area contributed by atoms with Crippen LogP contribution in [0.4, 0.5) is 0 Å². The highest BCUT2D eigenvalue weighted by Gasteiger charge is 2.41. The molecule has 38 heavy (non-hydrogen) atoms. The number of carbonyl (C=O) groups is 3. The highest BCUT2D eigenvalue weighted by molar-refractivity contribution is 8.16. The van der Waals surface area contributed by atoms with Gasteiger partial charge in [0.15, 0.2) is 5.17 Å². The van der Waals surface area contributed by atoms with Crippen molar-refractivity contribution in [1.82, 2.24) is 9.80 Å². The minimum Gasteiger partial charge on any atom is -0.497 e. The van der Waals surface area contributed by atoms with Crippen molar-refractivity contribution < 1.29 is 28.6 Å². The van der Waals surface area contributed by atoms with Crippen LogP contribution < -0.4 is 4.74 Å². The summed E-state index contributed by atoms with van der Waals surface area (Å²) >= 11 is 1.43. The molecular formula is C28H33N3O6S. The molecule has 0 saturated carbocycles. The quantitative estimate of drug-likeness (QED) is 0.340. The van der Waals surface area contributed by atoms with Gasteiger partial charge < -0.3 is 24.0 Å². The van der Waals surface area contributed by atoms with Gasteiger partial charge in [0.1, 0.15) is 12.4 Å². The van der Waals surface area contributed by atoms with Gasteiger partial charge in [-0.25, -0.2) is 9.79 Å². The molecule has 0 spiro atoms. The average Bonchev–Trinajstić information content (AvgIpc) is 3.32. The Bertz CT molecular complexity index is 1180. The Morgan fingerprint density at radius 2 is 1.87 bits per heavy atom. The second-order valence-corrected chi connectivity index (χ2v) is 9.97. The van der Waals surface area contributed by atoms with Gasteiger partial charge in [-0.1, -0.05) is 36.5 Å². The maximum Gasteiger partial charge on any atom is 0.338 e. The molecule has 0 aromatic heterocycles. The number of thioether (sulfide) groups is 1. The third-order valence-corrected chi connectivity index (χ3v) is 7.67. The van der Waals surface area contributed by atoms with E-state index in [2.05, 4.69) is 11.6 Å². The number of esters is 2. The molecule has 1 saturated heterocycles. The van der Waals surface area contributed by atoms with E-state index in [1.54, 1.807) is 25.9 Å². The van der Waals surface area contributed by atoms with Crippen LogP contribution in [-0.2, 0) is 23.9 Å². The molecule has 0 aliphatic carbocycles. The number of ether oxygens (including phenoxy) is 3. The molecule has 0 unspecified atom stereocenters. The van der Waals surface area contributed by atoms with Crippen LogP contribution in [0.2, 0.25) is 0 Å². The van der Waals surface area contributed by atoms with Crippen molar-refractivity contribution in [2.75, 3.05) is 33.4 Å². The van der Waals surface area contributed by atoms with Crippen LogP contribution in [0.25, 0.3) is 0 Å². The van der Waals surface area contributed by atoms with Crippen LogP contribution in [-0.4, -0.2) is 66.2 Å². The van der Waals surface area contributed by atoms with Crippen LogP contribution in [0.5, 0.6) is 5.75 Å². The van der Waals surface area contributed by atoms with E-state index >= 15 is 0 Å². The predicted molar refractivity (Wildman–Crippen MR) is 145 cm³/mol. The summed E-state index contributed by atoms with van der Waals surface area (Å²) in [7, 11) is 1.60. The van der Waals surface area contributed by atoms with Crippen molar-refractivity contribution in [2.24, 2.45) is 10.9 Å². The summed E-state index contributed by atoms with van der Waals surface area (Å²) in [5.74, 6) is -0.171. The summed E-state index contributed by atoms with van der Waals surface area (Å²) in [6.07, 6.45) is 2.85. The van der Waals surface area contributed by atoms with Gasteiger partial charge in [0, 0.05) is 18.8 Å². The molecule has 0 bridgehead atoms. The Labute approximate surface area is 227 Å². The number of allylic oxidation sites excluding steroid dienone is 1. The fourth-order valence-electron chi connectivity index (χ4n) is 4.84. The monoisotopic (exact) mass is 539 g/mol.